The van der Waals surface area contributed by atoms with Gasteiger partial charge in [0.25, 0.3) is 25.3 Å². The minimum Gasteiger partial charge on any atom is -0.450 e. The maximum Gasteiger partial charge on any atom is 0.289 e. The van der Waals surface area contributed by atoms with Gasteiger partial charge in [-0.05, 0) is 82.5 Å². The number of nitrogens with zero attached hydrogens (tertiary/aromatic N) is 2. The van der Waals surface area contributed by atoms with E-state index in [1.54, 1.807) is 0 Å². The molecule has 0 bridgehead atoms. The molecule has 9 heteroatoms. The summed E-state index contributed by atoms with van der Waals surface area (Å²) in [5, 5.41) is 0. The lowest BCUT2D eigenvalue weighted by molar-refractivity contribution is 0.354. The van der Waals surface area contributed by atoms with Crippen molar-refractivity contribution in [2.24, 2.45) is 0 Å². The van der Waals surface area contributed by atoms with Gasteiger partial charge < -0.3 is 32.5 Å². The molecule has 0 aliphatic carbocycles. The van der Waals surface area contributed by atoms with Gasteiger partial charge in [0.15, 0.2) is 11.2 Å². The molecule has 0 fully saturated rings. The van der Waals surface area contributed by atoms with Crippen LogP contribution in [0.25, 0.3) is 22.3 Å². The Hall–Kier alpha value is -6.99. The topological polar surface area (TPSA) is 64.4 Å². The molecular formula is C44H24B2N2O5. The Morgan fingerprint density at radius 3 is 1.23 bits per heavy atom. The number of ether oxygens (including phenoxy) is 2. The molecule has 0 unspecified atom stereocenters. The average molecular weight is 682 g/mol. The highest BCUT2D eigenvalue weighted by Crippen LogP contribution is 2.46. The van der Waals surface area contributed by atoms with Crippen LogP contribution in [0, 0.1) is 0 Å². The number of hydrogen-bond acceptors (Lipinski definition) is 7. The summed E-state index contributed by atoms with van der Waals surface area (Å²) in [4.78, 5) is 4.62. The van der Waals surface area contributed by atoms with Gasteiger partial charge in [-0.15, -0.1) is 0 Å². The van der Waals surface area contributed by atoms with Crippen LogP contribution in [0.15, 0.2) is 159 Å². The lowest BCUT2D eigenvalue weighted by atomic mass is 9.34. The van der Waals surface area contributed by atoms with Gasteiger partial charge in [-0.3, -0.25) is 0 Å². The first-order chi connectivity index (χ1) is 26.3. The summed E-state index contributed by atoms with van der Waals surface area (Å²) in [7, 11) is 0. The molecule has 0 saturated heterocycles. The highest BCUT2D eigenvalue weighted by atomic mass is 16.6. The van der Waals surface area contributed by atoms with Crippen LogP contribution in [0.4, 0.5) is 34.1 Å². The zero-order valence-electron chi connectivity index (χ0n) is 27.9. The van der Waals surface area contributed by atoms with Crippen molar-refractivity contribution < 1.29 is 22.7 Å². The van der Waals surface area contributed by atoms with E-state index in [9.17, 15) is 0 Å². The molecule has 13 rings (SSSR count). The molecule has 7 heterocycles. The second kappa shape index (κ2) is 9.86. The average Bonchev–Trinajstić information content (AvgIpc) is 3.86. The van der Waals surface area contributed by atoms with Crippen molar-refractivity contribution in [1.82, 2.24) is 0 Å². The smallest absolute Gasteiger partial charge is 0.289 e. The summed E-state index contributed by atoms with van der Waals surface area (Å²) in [6.45, 7) is -0.376. The summed E-state index contributed by atoms with van der Waals surface area (Å²) < 4.78 is 33.5. The number of rotatable bonds is 2. The first kappa shape index (κ1) is 27.7. The quantitative estimate of drug-likeness (QED) is 0.174. The van der Waals surface area contributed by atoms with E-state index in [2.05, 4.69) is 119 Å². The number of anilines is 6. The molecule has 4 aliphatic heterocycles. The van der Waals surface area contributed by atoms with Crippen LogP contribution in [0.2, 0.25) is 0 Å². The zero-order valence-corrected chi connectivity index (χ0v) is 27.9. The molecule has 3 aromatic heterocycles. The van der Waals surface area contributed by atoms with E-state index in [1.165, 1.54) is 0 Å². The first-order valence-corrected chi connectivity index (χ1v) is 17.8. The third-order valence-corrected chi connectivity index (χ3v) is 11.3. The fourth-order valence-corrected chi connectivity index (χ4v) is 9.24. The van der Waals surface area contributed by atoms with Crippen molar-refractivity contribution in [3.05, 3.63) is 146 Å². The molecule has 0 N–H and O–H groups in total. The maximum absolute atomic E-state index is 7.03. The minimum atomic E-state index is -0.188. The van der Waals surface area contributed by atoms with Crippen LogP contribution in [0.5, 0.6) is 23.4 Å². The highest BCUT2D eigenvalue weighted by Gasteiger charge is 2.49. The van der Waals surface area contributed by atoms with Crippen molar-refractivity contribution >= 4 is 103 Å². The SMILES string of the molecule is c1ccc(N2c3ccccc3B3c4c(cccc42)Oc2oc4c(oc5c6c(oc54)Oc4cccc5c4B6c4ccccc4N5c4ccccc4)c23)cc1. The molecule has 0 atom stereocenters. The van der Waals surface area contributed by atoms with E-state index in [0.29, 0.717) is 34.2 Å². The third-order valence-electron chi connectivity index (χ3n) is 11.3. The van der Waals surface area contributed by atoms with Crippen LogP contribution < -0.4 is 52.1 Å². The predicted octanol–water partition coefficient (Wildman–Crippen LogP) is 7.58. The molecular weight excluding hydrogens is 658 g/mol. The van der Waals surface area contributed by atoms with Gasteiger partial charge in [-0.25, -0.2) is 0 Å². The van der Waals surface area contributed by atoms with Gasteiger partial charge in [-0.1, -0.05) is 84.9 Å². The van der Waals surface area contributed by atoms with E-state index >= 15 is 0 Å². The van der Waals surface area contributed by atoms with Crippen LogP contribution in [0.1, 0.15) is 0 Å². The largest absolute Gasteiger partial charge is 0.450 e. The van der Waals surface area contributed by atoms with Gasteiger partial charge in [0.1, 0.15) is 11.5 Å². The second-order valence-electron chi connectivity index (χ2n) is 13.9. The number of benzene rings is 6. The van der Waals surface area contributed by atoms with Crippen LogP contribution in [-0.2, 0) is 0 Å². The Bertz CT molecular complexity index is 2800. The van der Waals surface area contributed by atoms with Gasteiger partial charge in [0.2, 0.25) is 11.2 Å². The predicted molar refractivity (Wildman–Crippen MR) is 210 cm³/mol. The van der Waals surface area contributed by atoms with Crippen LogP contribution in [-0.4, -0.2) is 13.4 Å². The Labute approximate surface area is 303 Å². The molecule has 4 aliphatic rings. The number of fused-ring (bicyclic) bond motifs is 13. The summed E-state index contributed by atoms with van der Waals surface area (Å²) in [5.41, 5.74) is 14.9. The van der Waals surface area contributed by atoms with Gasteiger partial charge >= 0.3 is 0 Å². The van der Waals surface area contributed by atoms with Crippen molar-refractivity contribution in [3.63, 3.8) is 0 Å². The second-order valence-corrected chi connectivity index (χ2v) is 13.9. The molecule has 6 aromatic carbocycles. The number of hydrogen-bond donors (Lipinski definition) is 0. The maximum atomic E-state index is 7.03. The highest BCUT2D eigenvalue weighted by molar-refractivity contribution is 7.01. The molecule has 0 radical (unpaired) electrons. The lowest BCUT2D eigenvalue weighted by Gasteiger charge is -2.38. The Kier molecular flexibility index (Phi) is 5.16. The van der Waals surface area contributed by atoms with Crippen molar-refractivity contribution in [3.8, 4) is 23.4 Å². The first-order valence-electron chi connectivity index (χ1n) is 17.8. The Morgan fingerprint density at radius 1 is 0.340 bits per heavy atom. The van der Waals surface area contributed by atoms with Crippen LogP contribution in [0.3, 0.4) is 0 Å². The fraction of sp³-hybridized carbons (Fsp3) is 0. The normalized spacial score (nSPS) is 14.2. The minimum absolute atomic E-state index is 0.188. The van der Waals surface area contributed by atoms with Gasteiger partial charge in [0.05, 0.1) is 10.9 Å². The molecule has 9 aromatic rings. The molecule has 0 amide bonds. The number of para-hydroxylation sites is 4. The summed E-state index contributed by atoms with van der Waals surface area (Å²) in [5.74, 6) is 2.35. The van der Waals surface area contributed by atoms with E-state index in [4.69, 9.17) is 22.7 Å². The van der Waals surface area contributed by atoms with Crippen molar-refractivity contribution in [2.75, 3.05) is 9.80 Å². The number of furan rings is 3. The van der Waals surface area contributed by atoms with E-state index in [-0.39, 0.29) is 13.4 Å². The van der Waals surface area contributed by atoms with Gasteiger partial charge in [-0.2, -0.15) is 0 Å². The summed E-state index contributed by atoms with van der Waals surface area (Å²) in [6, 6.07) is 50.5. The van der Waals surface area contributed by atoms with Gasteiger partial charge in [0, 0.05) is 34.1 Å². The lowest BCUT2D eigenvalue weighted by Crippen LogP contribution is -2.59. The van der Waals surface area contributed by atoms with E-state index < -0.39 is 0 Å². The molecule has 246 valence electrons. The van der Waals surface area contributed by atoms with Crippen molar-refractivity contribution in [2.45, 2.75) is 0 Å². The molecule has 0 saturated carbocycles. The Morgan fingerprint density at radius 2 is 0.755 bits per heavy atom. The van der Waals surface area contributed by atoms with E-state index in [0.717, 1.165) is 78.4 Å². The zero-order chi connectivity index (χ0) is 34.4. The molecule has 7 nitrogen and oxygen atoms in total. The van der Waals surface area contributed by atoms with Crippen LogP contribution >= 0.6 is 0 Å². The molecule has 53 heavy (non-hydrogen) atoms. The van der Waals surface area contributed by atoms with Crippen molar-refractivity contribution in [1.29, 1.82) is 0 Å². The van der Waals surface area contributed by atoms with E-state index in [1.807, 2.05) is 36.4 Å². The third kappa shape index (κ3) is 3.47. The summed E-state index contributed by atoms with van der Waals surface area (Å²) in [6.07, 6.45) is 0. The monoisotopic (exact) mass is 682 g/mol. The Balaban J connectivity index is 1.04. The molecule has 0 spiro atoms. The summed E-state index contributed by atoms with van der Waals surface area (Å²) >= 11 is 0. The fourth-order valence-electron chi connectivity index (χ4n) is 9.24. The standard InChI is InChI=1S/C44H24B2N2O5/c1-3-13-25(14-4-1)47-29-19-9-7-17-27(29)45-35-31(47)21-11-23-33(35)49-43-37(45)39-41(52-43)42-40(51-39)38-44(53-42)50-34-24-12-22-32-36(34)46(38)28-18-8-10-20-30(28)48(32)26-15-5-2-6-16-26/h1-24H.